The summed E-state index contributed by atoms with van der Waals surface area (Å²) in [7, 11) is 1.71. The van der Waals surface area contributed by atoms with Gasteiger partial charge in [-0.1, -0.05) is 12.1 Å². The van der Waals surface area contributed by atoms with E-state index in [1.807, 2.05) is 6.92 Å². The summed E-state index contributed by atoms with van der Waals surface area (Å²) in [4.78, 5) is 31.7. The summed E-state index contributed by atoms with van der Waals surface area (Å²) in [6, 6.07) is 10.9. The van der Waals surface area contributed by atoms with Crippen LogP contribution in [0.4, 0.5) is 4.39 Å². The number of amides is 1. The minimum atomic E-state index is -0.306. The van der Waals surface area contributed by atoms with Crippen molar-refractivity contribution in [3.05, 3.63) is 75.6 Å². The summed E-state index contributed by atoms with van der Waals surface area (Å²) >= 11 is 0. The van der Waals surface area contributed by atoms with Gasteiger partial charge in [-0.2, -0.15) is 0 Å². The van der Waals surface area contributed by atoms with Crippen LogP contribution >= 0.6 is 0 Å². The maximum atomic E-state index is 13.1. The lowest BCUT2D eigenvalue weighted by Gasteiger charge is -2.25. The van der Waals surface area contributed by atoms with Crippen molar-refractivity contribution in [2.45, 2.75) is 32.4 Å². The van der Waals surface area contributed by atoms with Crippen molar-refractivity contribution >= 4 is 16.8 Å². The molecule has 6 heteroatoms. The molecule has 5 nitrogen and oxygen atoms in total. The van der Waals surface area contributed by atoms with Gasteiger partial charge in [-0.25, -0.2) is 9.37 Å². The third-order valence-electron chi connectivity index (χ3n) is 5.32. The highest BCUT2D eigenvalue weighted by Crippen LogP contribution is 2.22. The molecule has 0 N–H and O–H groups in total. The number of rotatable bonds is 3. The largest absolute Gasteiger partial charge is 0.335 e. The molecule has 0 unspecified atom stereocenters. The second-order valence-electron chi connectivity index (χ2n) is 6.96. The number of aryl methyl sites for hydroxylation is 1. The molecule has 1 aromatic heterocycles. The molecule has 4 rings (SSSR count). The van der Waals surface area contributed by atoms with Crippen LogP contribution < -0.4 is 5.56 Å². The summed E-state index contributed by atoms with van der Waals surface area (Å²) in [5.74, 6) is 0.306. The lowest BCUT2D eigenvalue weighted by Crippen LogP contribution is -2.30. The Bertz CT molecular complexity index is 1090. The van der Waals surface area contributed by atoms with Gasteiger partial charge in [0.05, 0.1) is 16.9 Å². The number of carbonyl (C=O) groups is 1. The van der Waals surface area contributed by atoms with Crippen molar-refractivity contribution in [2.24, 2.45) is 0 Å². The Morgan fingerprint density at radius 3 is 2.70 bits per heavy atom. The predicted molar refractivity (Wildman–Crippen MR) is 101 cm³/mol. The summed E-state index contributed by atoms with van der Waals surface area (Å²) in [5.41, 5.74) is 1.84. The minimum Gasteiger partial charge on any atom is -0.335 e. The van der Waals surface area contributed by atoms with Crippen LogP contribution in [0.3, 0.4) is 0 Å². The molecule has 0 radical (unpaired) electrons. The number of benzene rings is 2. The number of halogens is 1. The highest BCUT2D eigenvalue weighted by Gasteiger charge is 2.21. The maximum Gasteiger partial charge on any atom is 0.261 e. The number of hydrogen-bond donors (Lipinski definition) is 0. The van der Waals surface area contributed by atoms with Gasteiger partial charge >= 0.3 is 0 Å². The lowest BCUT2D eigenvalue weighted by molar-refractivity contribution is 0.0743. The van der Waals surface area contributed by atoms with Crippen molar-refractivity contribution in [2.75, 3.05) is 7.05 Å². The van der Waals surface area contributed by atoms with Crippen LogP contribution in [0.25, 0.3) is 10.9 Å². The third-order valence-corrected chi connectivity index (χ3v) is 5.32. The fourth-order valence-corrected chi connectivity index (χ4v) is 3.56. The van der Waals surface area contributed by atoms with Gasteiger partial charge in [-0.3, -0.25) is 14.2 Å². The summed E-state index contributed by atoms with van der Waals surface area (Å²) < 4.78 is 14.9. The van der Waals surface area contributed by atoms with Gasteiger partial charge in [0.15, 0.2) is 0 Å². The van der Waals surface area contributed by atoms with Crippen LogP contribution in [0.15, 0.2) is 47.3 Å². The molecule has 1 amide bonds. The van der Waals surface area contributed by atoms with E-state index < -0.39 is 0 Å². The Morgan fingerprint density at radius 2 is 1.96 bits per heavy atom. The second-order valence-corrected chi connectivity index (χ2v) is 6.96. The number of nitrogens with zero attached hydrogens (tertiary/aromatic N) is 3. The summed E-state index contributed by atoms with van der Waals surface area (Å²) in [6.45, 7) is 2.60. The maximum absolute atomic E-state index is 13.1. The zero-order valence-corrected chi connectivity index (χ0v) is 15.3. The molecule has 0 spiro atoms. The van der Waals surface area contributed by atoms with Crippen LogP contribution in [-0.2, 0) is 13.0 Å². The highest BCUT2D eigenvalue weighted by molar-refractivity contribution is 5.97. The number of hydrogen-bond acceptors (Lipinski definition) is 3. The fourth-order valence-electron chi connectivity index (χ4n) is 3.56. The van der Waals surface area contributed by atoms with Crippen molar-refractivity contribution < 1.29 is 9.18 Å². The van der Waals surface area contributed by atoms with Crippen molar-refractivity contribution in [1.82, 2.24) is 14.5 Å². The zero-order chi connectivity index (χ0) is 19.1. The quantitative estimate of drug-likeness (QED) is 0.716. The van der Waals surface area contributed by atoms with Crippen molar-refractivity contribution in [3.63, 3.8) is 0 Å². The number of fused-ring (bicyclic) bond motifs is 2. The molecule has 3 aromatic rings. The molecule has 1 aliphatic heterocycles. The molecule has 1 aliphatic rings. The van der Waals surface area contributed by atoms with Gasteiger partial charge in [-0.05, 0) is 49.2 Å². The topological polar surface area (TPSA) is 55.2 Å². The van der Waals surface area contributed by atoms with Gasteiger partial charge in [0.25, 0.3) is 11.5 Å². The molecular weight excluding hydrogens is 345 g/mol. The first kappa shape index (κ1) is 17.4. The molecule has 0 fully saturated rings. The molecule has 1 atom stereocenters. The van der Waals surface area contributed by atoms with E-state index >= 15 is 0 Å². The molecule has 0 aliphatic carbocycles. The van der Waals surface area contributed by atoms with Gasteiger partial charge in [0.1, 0.15) is 11.6 Å². The first-order valence-electron chi connectivity index (χ1n) is 9.02. The Morgan fingerprint density at radius 1 is 1.22 bits per heavy atom. The smallest absolute Gasteiger partial charge is 0.261 e. The summed E-state index contributed by atoms with van der Waals surface area (Å²) in [6.07, 6.45) is 1.70. The van der Waals surface area contributed by atoms with Crippen LogP contribution in [0, 0.1) is 5.82 Å². The average molecular weight is 365 g/mol. The van der Waals surface area contributed by atoms with Gasteiger partial charge in [0.2, 0.25) is 0 Å². The van der Waals surface area contributed by atoms with E-state index in [4.69, 9.17) is 0 Å². The molecule has 27 heavy (non-hydrogen) atoms. The molecule has 2 heterocycles. The van der Waals surface area contributed by atoms with E-state index in [1.165, 1.54) is 12.1 Å². The van der Waals surface area contributed by atoms with E-state index in [-0.39, 0.29) is 23.3 Å². The molecule has 0 saturated heterocycles. The van der Waals surface area contributed by atoms with E-state index in [9.17, 15) is 14.0 Å². The predicted octanol–water partition coefficient (Wildman–Crippen LogP) is 3.32. The van der Waals surface area contributed by atoms with Gasteiger partial charge in [0, 0.05) is 25.6 Å². The standard InChI is InChI=1S/C21H20FN3O2/c1-13(14-5-8-16(22)9-6-14)24(2)20(26)15-7-10-17-18(12-15)23-19-4-3-11-25(19)21(17)27/h5-10,12-13H,3-4,11H2,1-2H3/t13-/m1/s1. The van der Waals surface area contributed by atoms with Gasteiger partial charge < -0.3 is 4.90 Å². The van der Waals surface area contributed by atoms with E-state index in [2.05, 4.69) is 4.98 Å². The Balaban J connectivity index is 1.67. The SMILES string of the molecule is C[C@H](c1ccc(F)cc1)N(C)C(=O)c1ccc2c(=O)n3c(nc2c1)CCC3. The molecule has 2 aromatic carbocycles. The molecule has 0 saturated carbocycles. The van der Waals surface area contributed by atoms with E-state index in [0.29, 0.717) is 23.0 Å². The summed E-state index contributed by atoms with van der Waals surface area (Å²) in [5, 5.41) is 0.534. The Kier molecular flexibility index (Phi) is 4.26. The average Bonchev–Trinajstić information content (AvgIpc) is 3.15. The van der Waals surface area contributed by atoms with Crippen molar-refractivity contribution in [1.29, 1.82) is 0 Å². The van der Waals surface area contributed by atoms with Gasteiger partial charge in [-0.15, -0.1) is 0 Å². The second kappa shape index (κ2) is 6.61. The van der Waals surface area contributed by atoms with Crippen LogP contribution in [-0.4, -0.2) is 27.4 Å². The number of aromatic nitrogens is 2. The normalized spacial score (nSPS) is 14.2. The fraction of sp³-hybridized carbons (Fsp3) is 0.286. The molecule has 138 valence electrons. The molecular formula is C21H20FN3O2. The van der Waals surface area contributed by atoms with E-state index in [1.54, 1.807) is 46.8 Å². The van der Waals surface area contributed by atoms with Crippen LogP contribution in [0.1, 0.15) is 41.1 Å². The highest BCUT2D eigenvalue weighted by atomic mass is 19.1. The van der Waals surface area contributed by atoms with Crippen LogP contribution in [0.5, 0.6) is 0 Å². The molecule has 0 bridgehead atoms. The minimum absolute atomic E-state index is 0.0421. The van der Waals surface area contributed by atoms with Crippen LogP contribution in [0.2, 0.25) is 0 Å². The monoisotopic (exact) mass is 365 g/mol. The Labute approximate surface area is 156 Å². The first-order valence-corrected chi connectivity index (χ1v) is 9.02. The Hall–Kier alpha value is -3.02. The van der Waals surface area contributed by atoms with Crippen molar-refractivity contribution in [3.8, 4) is 0 Å². The zero-order valence-electron chi connectivity index (χ0n) is 15.3. The first-order chi connectivity index (χ1) is 13.0. The number of carbonyl (C=O) groups excluding carboxylic acids is 1. The van der Waals surface area contributed by atoms with E-state index in [0.717, 1.165) is 24.2 Å². The third kappa shape index (κ3) is 3.01. The lowest BCUT2D eigenvalue weighted by atomic mass is 10.1.